The van der Waals surface area contributed by atoms with Gasteiger partial charge in [0.15, 0.2) is 5.43 Å². The number of hydrogen-bond donors (Lipinski definition) is 0. The van der Waals surface area contributed by atoms with Crippen LogP contribution in [0.3, 0.4) is 0 Å². The van der Waals surface area contributed by atoms with Crippen LogP contribution in [-0.4, -0.2) is 17.1 Å². The van der Waals surface area contributed by atoms with Crippen molar-refractivity contribution in [2.45, 2.75) is 24.8 Å². The van der Waals surface area contributed by atoms with Crippen LogP contribution in [0.4, 0.5) is 5.82 Å². The summed E-state index contributed by atoms with van der Waals surface area (Å²) in [6.45, 7) is 3.90. The van der Waals surface area contributed by atoms with Crippen molar-refractivity contribution in [3.05, 3.63) is 98.0 Å². The van der Waals surface area contributed by atoms with Crippen LogP contribution < -0.4 is 10.3 Å². The van der Waals surface area contributed by atoms with Gasteiger partial charge in [0.1, 0.15) is 11.4 Å². The molecule has 0 saturated carbocycles. The van der Waals surface area contributed by atoms with Crippen LogP contribution in [0.25, 0.3) is 11.0 Å². The number of carbonyl (C=O) groups excluding carboxylic acids is 1. The van der Waals surface area contributed by atoms with Crippen LogP contribution >= 0.6 is 23.4 Å². The monoisotopic (exact) mass is 462 g/mol. The normalized spacial score (nSPS) is 15.4. The third-order valence-electron chi connectivity index (χ3n) is 5.88. The molecule has 0 saturated heterocycles. The Hall–Kier alpha value is -3.09. The molecular weight excluding hydrogens is 444 g/mol. The highest BCUT2D eigenvalue weighted by molar-refractivity contribution is 7.98. The van der Waals surface area contributed by atoms with Gasteiger partial charge in [-0.25, -0.2) is 4.98 Å². The topological polar surface area (TPSA) is 63.4 Å². The van der Waals surface area contributed by atoms with Gasteiger partial charge < -0.3 is 4.42 Å². The molecule has 1 unspecified atom stereocenters. The first-order valence-electron chi connectivity index (χ1n) is 10.1. The van der Waals surface area contributed by atoms with Crippen molar-refractivity contribution in [3.63, 3.8) is 0 Å². The molecule has 0 fully saturated rings. The van der Waals surface area contributed by atoms with Gasteiger partial charge in [-0.1, -0.05) is 23.7 Å². The van der Waals surface area contributed by atoms with E-state index in [1.54, 1.807) is 23.9 Å². The Morgan fingerprint density at radius 3 is 2.41 bits per heavy atom. The average molecular weight is 463 g/mol. The zero-order valence-electron chi connectivity index (χ0n) is 17.7. The highest BCUT2D eigenvalue weighted by Crippen LogP contribution is 2.41. The number of pyridine rings is 1. The second kappa shape index (κ2) is 7.80. The van der Waals surface area contributed by atoms with Gasteiger partial charge in [0.05, 0.1) is 22.0 Å². The van der Waals surface area contributed by atoms with Crippen LogP contribution in [0.15, 0.2) is 68.8 Å². The Morgan fingerprint density at radius 1 is 1.03 bits per heavy atom. The number of rotatable bonds is 3. The largest absolute Gasteiger partial charge is 0.450 e. The Balaban J connectivity index is 1.80. The summed E-state index contributed by atoms with van der Waals surface area (Å²) in [4.78, 5) is 34.2. The van der Waals surface area contributed by atoms with Gasteiger partial charge in [0.2, 0.25) is 5.76 Å². The number of anilines is 1. The maximum atomic E-state index is 13.7. The molecule has 0 radical (unpaired) electrons. The van der Waals surface area contributed by atoms with Gasteiger partial charge in [-0.3, -0.25) is 14.5 Å². The Kier molecular flexibility index (Phi) is 5.07. The third kappa shape index (κ3) is 3.22. The molecule has 2 aromatic carbocycles. The lowest BCUT2D eigenvalue weighted by Gasteiger charge is -2.24. The molecule has 2 aromatic heterocycles. The fourth-order valence-electron chi connectivity index (χ4n) is 4.08. The minimum Gasteiger partial charge on any atom is -0.450 e. The Morgan fingerprint density at radius 2 is 1.75 bits per heavy atom. The summed E-state index contributed by atoms with van der Waals surface area (Å²) >= 11 is 7.64. The van der Waals surface area contributed by atoms with E-state index in [2.05, 4.69) is 4.98 Å². The smallest absolute Gasteiger partial charge is 0.296 e. The predicted molar refractivity (Wildman–Crippen MR) is 128 cm³/mol. The number of amides is 1. The number of benzene rings is 2. The lowest BCUT2D eigenvalue weighted by atomic mass is 9.97. The summed E-state index contributed by atoms with van der Waals surface area (Å²) in [6.07, 6.45) is 3.48. The fourth-order valence-corrected chi connectivity index (χ4v) is 4.60. The predicted octanol–water partition coefficient (Wildman–Crippen LogP) is 5.93. The standard InChI is InChI=1S/C25H19ClN2O3S/c1-13-10-18-19(11-14(13)2)31-24-21(23(18)29)22(15-4-7-17(32-3)8-5-15)28(25(24)30)20-9-6-16(26)12-27-20/h4-12,22H,1-3H3. The first-order chi connectivity index (χ1) is 15.4. The molecule has 1 amide bonds. The summed E-state index contributed by atoms with van der Waals surface area (Å²) in [6, 6.07) is 14.2. The molecule has 1 atom stereocenters. The van der Waals surface area contributed by atoms with E-state index in [1.165, 1.54) is 11.1 Å². The van der Waals surface area contributed by atoms with E-state index in [1.807, 2.05) is 56.5 Å². The molecular formula is C25H19ClN2O3S. The SMILES string of the molecule is CSc1ccc(C2c3c(oc4cc(C)c(C)cc4c3=O)C(=O)N2c2ccc(Cl)cn2)cc1. The number of thioether (sulfide) groups is 1. The minimum atomic E-state index is -0.649. The zero-order chi connectivity index (χ0) is 22.6. The molecule has 0 N–H and O–H groups in total. The lowest BCUT2D eigenvalue weighted by Crippen LogP contribution is -2.30. The van der Waals surface area contributed by atoms with E-state index in [4.69, 9.17) is 16.0 Å². The summed E-state index contributed by atoms with van der Waals surface area (Å²) in [7, 11) is 0. The molecule has 0 aliphatic carbocycles. The van der Waals surface area contributed by atoms with Crippen LogP contribution in [0, 0.1) is 13.8 Å². The van der Waals surface area contributed by atoms with Crippen molar-refractivity contribution >= 4 is 46.1 Å². The maximum absolute atomic E-state index is 13.7. The quantitative estimate of drug-likeness (QED) is 0.353. The number of hydrogen-bond acceptors (Lipinski definition) is 5. The van der Waals surface area contributed by atoms with E-state index in [0.29, 0.717) is 27.4 Å². The summed E-state index contributed by atoms with van der Waals surface area (Å²) in [5.41, 5.74) is 3.33. The fraction of sp³-hybridized carbons (Fsp3) is 0.160. The second-order valence-corrected chi connectivity index (χ2v) is 9.11. The van der Waals surface area contributed by atoms with Gasteiger partial charge in [-0.05, 0) is 73.2 Å². The number of aryl methyl sites for hydroxylation is 2. The maximum Gasteiger partial charge on any atom is 0.296 e. The Bertz CT molecular complexity index is 1430. The molecule has 1 aliphatic rings. The first kappa shape index (κ1) is 20.8. The molecule has 160 valence electrons. The molecule has 0 spiro atoms. The van der Waals surface area contributed by atoms with Crippen molar-refractivity contribution in [2.75, 3.05) is 11.2 Å². The van der Waals surface area contributed by atoms with E-state index in [-0.39, 0.29) is 11.2 Å². The van der Waals surface area contributed by atoms with E-state index < -0.39 is 11.9 Å². The lowest BCUT2D eigenvalue weighted by molar-refractivity contribution is 0.0970. The van der Waals surface area contributed by atoms with Crippen LogP contribution in [-0.2, 0) is 0 Å². The van der Waals surface area contributed by atoms with Crippen LogP contribution in [0.2, 0.25) is 5.02 Å². The van der Waals surface area contributed by atoms with Gasteiger partial charge in [0, 0.05) is 11.1 Å². The number of aromatic nitrogens is 1. The van der Waals surface area contributed by atoms with Crippen molar-refractivity contribution in [2.24, 2.45) is 0 Å². The van der Waals surface area contributed by atoms with Crippen molar-refractivity contribution in [1.29, 1.82) is 0 Å². The molecule has 5 nitrogen and oxygen atoms in total. The summed E-state index contributed by atoms with van der Waals surface area (Å²) < 4.78 is 6.06. The van der Waals surface area contributed by atoms with Crippen molar-refractivity contribution < 1.29 is 9.21 Å². The van der Waals surface area contributed by atoms with Gasteiger partial charge in [-0.2, -0.15) is 0 Å². The average Bonchev–Trinajstić information content (AvgIpc) is 3.08. The van der Waals surface area contributed by atoms with Crippen molar-refractivity contribution in [1.82, 2.24) is 4.98 Å². The van der Waals surface area contributed by atoms with Gasteiger partial charge in [-0.15, -0.1) is 11.8 Å². The van der Waals surface area contributed by atoms with Crippen molar-refractivity contribution in [3.8, 4) is 0 Å². The number of carbonyl (C=O) groups is 1. The highest BCUT2D eigenvalue weighted by Gasteiger charge is 2.44. The van der Waals surface area contributed by atoms with E-state index in [9.17, 15) is 9.59 Å². The number of nitrogens with zero attached hydrogens (tertiary/aromatic N) is 2. The molecule has 1 aliphatic heterocycles. The summed E-state index contributed by atoms with van der Waals surface area (Å²) in [5, 5.41) is 0.931. The van der Waals surface area contributed by atoms with Crippen LogP contribution in [0.5, 0.6) is 0 Å². The molecule has 5 rings (SSSR count). The van der Waals surface area contributed by atoms with Gasteiger partial charge in [0.25, 0.3) is 5.91 Å². The zero-order valence-corrected chi connectivity index (χ0v) is 19.3. The molecule has 0 bridgehead atoms. The molecule has 32 heavy (non-hydrogen) atoms. The number of fused-ring (bicyclic) bond motifs is 2. The Labute approximate surface area is 194 Å². The molecule has 7 heteroatoms. The first-order valence-corrected chi connectivity index (χ1v) is 11.7. The highest BCUT2D eigenvalue weighted by atomic mass is 35.5. The van der Waals surface area contributed by atoms with E-state index in [0.717, 1.165) is 21.6 Å². The number of halogens is 1. The molecule has 4 aromatic rings. The summed E-state index contributed by atoms with van der Waals surface area (Å²) in [5.74, 6) is 0.0630. The van der Waals surface area contributed by atoms with Crippen LogP contribution in [0.1, 0.15) is 38.9 Å². The third-order valence-corrected chi connectivity index (χ3v) is 6.84. The minimum absolute atomic E-state index is 0.0569. The van der Waals surface area contributed by atoms with E-state index >= 15 is 0 Å². The molecule has 3 heterocycles. The van der Waals surface area contributed by atoms with Gasteiger partial charge >= 0.3 is 0 Å². The second-order valence-electron chi connectivity index (χ2n) is 7.79.